The Morgan fingerprint density at radius 3 is 2.53 bits per heavy atom. The normalized spacial score (nSPS) is 12.2. The highest BCUT2D eigenvalue weighted by molar-refractivity contribution is 8.13. The zero-order chi connectivity index (χ0) is 11.2. The molecule has 0 saturated carbocycles. The van der Waals surface area contributed by atoms with Gasteiger partial charge in [-0.3, -0.25) is 4.40 Å². The van der Waals surface area contributed by atoms with Crippen molar-refractivity contribution in [2.24, 2.45) is 0 Å². The largest absolute Gasteiger partial charge is 0.288 e. The van der Waals surface area contributed by atoms with Crippen molar-refractivity contribution in [3.8, 4) is 0 Å². The summed E-state index contributed by atoms with van der Waals surface area (Å²) in [5, 5.41) is 0.384. The maximum atomic E-state index is 11.1. The van der Waals surface area contributed by atoms with Crippen molar-refractivity contribution in [2.75, 3.05) is 0 Å². The van der Waals surface area contributed by atoms with Gasteiger partial charge in [0.15, 0.2) is 5.03 Å². The van der Waals surface area contributed by atoms with Gasteiger partial charge in [-0.15, -0.1) is 0 Å². The minimum absolute atomic E-state index is 0.141. The van der Waals surface area contributed by atoms with E-state index in [4.69, 9.17) is 33.9 Å². The lowest BCUT2D eigenvalue weighted by Gasteiger charge is -2.00. The van der Waals surface area contributed by atoms with E-state index in [1.807, 2.05) is 0 Å². The third kappa shape index (κ3) is 1.92. The Balaban J connectivity index is 2.87. The average molecular weight is 286 g/mol. The number of hydrogen-bond acceptors (Lipinski definition) is 3. The van der Waals surface area contributed by atoms with Gasteiger partial charge in [0.2, 0.25) is 0 Å². The number of halogens is 3. The second kappa shape index (κ2) is 3.52. The first-order valence-electron chi connectivity index (χ1n) is 3.66. The van der Waals surface area contributed by atoms with Crippen LogP contribution in [0.2, 0.25) is 10.0 Å². The third-order valence-corrected chi connectivity index (χ3v) is 3.75. The Hall–Kier alpha value is -0.490. The quantitative estimate of drug-likeness (QED) is 0.757. The summed E-state index contributed by atoms with van der Waals surface area (Å²) < 4.78 is 23.5. The zero-order valence-corrected chi connectivity index (χ0v) is 10.1. The molecule has 0 aliphatic heterocycles. The summed E-state index contributed by atoms with van der Waals surface area (Å²) in [6.07, 6.45) is 2.49. The van der Waals surface area contributed by atoms with Gasteiger partial charge in [-0.1, -0.05) is 23.2 Å². The standard InChI is InChI=1S/C7H3Cl3N2O2S/c8-4-1-6-11-2-7(15(10,13)14)12(6)3-5(4)9/h1-3H. The summed E-state index contributed by atoms with van der Waals surface area (Å²) in [5.74, 6) is 0. The fourth-order valence-corrected chi connectivity index (χ4v) is 2.33. The summed E-state index contributed by atoms with van der Waals surface area (Å²) in [4.78, 5) is 3.84. The highest BCUT2D eigenvalue weighted by Gasteiger charge is 2.17. The Morgan fingerprint density at radius 1 is 1.27 bits per heavy atom. The molecule has 4 nitrogen and oxygen atoms in total. The molecule has 0 aliphatic carbocycles. The van der Waals surface area contributed by atoms with Crippen LogP contribution in [0.1, 0.15) is 0 Å². The molecule has 0 saturated heterocycles. The first-order chi connectivity index (χ1) is 6.89. The molecule has 80 valence electrons. The van der Waals surface area contributed by atoms with E-state index >= 15 is 0 Å². The van der Waals surface area contributed by atoms with Gasteiger partial charge in [0.25, 0.3) is 9.05 Å². The molecule has 0 fully saturated rings. The molecule has 2 aromatic heterocycles. The van der Waals surface area contributed by atoms with Crippen LogP contribution in [0.4, 0.5) is 0 Å². The van der Waals surface area contributed by atoms with E-state index in [0.29, 0.717) is 10.7 Å². The van der Waals surface area contributed by atoms with Crippen LogP contribution >= 0.6 is 33.9 Å². The Kier molecular flexibility index (Phi) is 2.58. The van der Waals surface area contributed by atoms with Gasteiger partial charge in [-0.25, -0.2) is 13.4 Å². The van der Waals surface area contributed by atoms with Crippen LogP contribution in [-0.2, 0) is 9.05 Å². The molecule has 0 bridgehead atoms. The number of rotatable bonds is 1. The molecule has 0 amide bonds. The third-order valence-electron chi connectivity index (χ3n) is 1.77. The molecule has 0 aliphatic rings. The number of aromatic nitrogens is 2. The minimum atomic E-state index is -3.84. The van der Waals surface area contributed by atoms with E-state index in [-0.39, 0.29) is 10.0 Å². The molecule has 2 rings (SSSR count). The van der Waals surface area contributed by atoms with Crippen LogP contribution < -0.4 is 0 Å². The SMILES string of the molecule is O=S(=O)(Cl)c1cnc2cc(Cl)c(Cl)cn12. The van der Waals surface area contributed by atoms with Gasteiger partial charge >= 0.3 is 0 Å². The topological polar surface area (TPSA) is 51.4 Å². The predicted octanol–water partition coefficient (Wildman–Crippen LogP) is 2.57. The van der Waals surface area contributed by atoms with Crippen LogP contribution in [0.3, 0.4) is 0 Å². The van der Waals surface area contributed by atoms with Gasteiger partial charge in [-0.05, 0) is 0 Å². The smallest absolute Gasteiger partial charge is 0.278 e. The Morgan fingerprint density at radius 2 is 1.93 bits per heavy atom. The molecule has 0 atom stereocenters. The van der Waals surface area contributed by atoms with E-state index in [2.05, 4.69) is 4.98 Å². The lowest BCUT2D eigenvalue weighted by molar-refractivity contribution is 0.605. The fourth-order valence-electron chi connectivity index (χ4n) is 1.13. The maximum Gasteiger partial charge on any atom is 0.278 e. The number of pyridine rings is 1. The van der Waals surface area contributed by atoms with E-state index in [9.17, 15) is 8.42 Å². The van der Waals surface area contributed by atoms with Crippen LogP contribution in [0.25, 0.3) is 5.65 Å². The maximum absolute atomic E-state index is 11.1. The predicted molar refractivity (Wildman–Crippen MR) is 58.3 cm³/mol. The van der Waals surface area contributed by atoms with Crippen LogP contribution in [0, 0.1) is 0 Å². The highest BCUT2D eigenvalue weighted by Crippen LogP contribution is 2.25. The number of nitrogens with zero attached hydrogens (tertiary/aromatic N) is 2. The lowest BCUT2D eigenvalue weighted by Crippen LogP contribution is -1.96. The molecular weight excluding hydrogens is 283 g/mol. The molecule has 0 spiro atoms. The molecule has 8 heteroatoms. The monoisotopic (exact) mass is 284 g/mol. The van der Waals surface area contributed by atoms with Crippen molar-refractivity contribution in [3.05, 3.63) is 28.5 Å². The van der Waals surface area contributed by atoms with Gasteiger partial charge in [0, 0.05) is 22.9 Å². The minimum Gasteiger partial charge on any atom is -0.288 e. The molecule has 0 aromatic carbocycles. The van der Waals surface area contributed by atoms with Crippen LogP contribution in [0.5, 0.6) is 0 Å². The highest BCUT2D eigenvalue weighted by atomic mass is 35.7. The van der Waals surface area contributed by atoms with E-state index in [0.717, 1.165) is 6.20 Å². The Labute approximate surface area is 99.8 Å². The lowest BCUT2D eigenvalue weighted by atomic mass is 10.5. The van der Waals surface area contributed by atoms with Crippen molar-refractivity contribution >= 4 is 48.6 Å². The molecule has 15 heavy (non-hydrogen) atoms. The van der Waals surface area contributed by atoms with E-state index in [1.54, 1.807) is 0 Å². The molecule has 2 heterocycles. The molecular formula is C7H3Cl3N2O2S. The first kappa shape index (κ1) is 11.0. The van der Waals surface area contributed by atoms with Gasteiger partial charge in [0.1, 0.15) is 5.65 Å². The molecule has 2 aromatic rings. The van der Waals surface area contributed by atoms with Gasteiger partial charge in [-0.2, -0.15) is 0 Å². The number of fused-ring (bicyclic) bond motifs is 1. The summed E-state index contributed by atoms with van der Waals surface area (Å²) in [6.45, 7) is 0. The number of hydrogen-bond donors (Lipinski definition) is 0. The molecule has 0 radical (unpaired) electrons. The average Bonchev–Trinajstić information content (AvgIpc) is 2.47. The summed E-state index contributed by atoms with van der Waals surface area (Å²) in [6, 6.07) is 1.45. The van der Waals surface area contributed by atoms with Crippen LogP contribution in [0.15, 0.2) is 23.5 Å². The zero-order valence-electron chi connectivity index (χ0n) is 6.99. The molecule has 0 unspecified atom stereocenters. The van der Waals surface area contributed by atoms with Gasteiger partial charge < -0.3 is 0 Å². The summed E-state index contributed by atoms with van der Waals surface area (Å²) in [7, 11) is 1.36. The fraction of sp³-hybridized carbons (Fsp3) is 0. The van der Waals surface area contributed by atoms with E-state index < -0.39 is 9.05 Å². The van der Waals surface area contributed by atoms with Crippen molar-refractivity contribution in [1.29, 1.82) is 0 Å². The molecule has 0 N–H and O–H groups in total. The van der Waals surface area contributed by atoms with Crippen molar-refractivity contribution < 1.29 is 8.42 Å². The summed E-state index contributed by atoms with van der Waals surface area (Å²) >= 11 is 11.5. The first-order valence-corrected chi connectivity index (χ1v) is 6.73. The van der Waals surface area contributed by atoms with E-state index in [1.165, 1.54) is 16.7 Å². The second-order valence-corrected chi connectivity index (χ2v) is 6.06. The van der Waals surface area contributed by atoms with Crippen molar-refractivity contribution in [1.82, 2.24) is 9.38 Å². The Bertz CT molecular complexity index is 635. The van der Waals surface area contributed by atoms with Crippen molar-refractivity contribution in [3.63, 3.8) is 0 Å². The number of imidazole rings is 1. The van der Waals surface area contributed by atoms with Crippen molar-refractivity contribution in [2.45, 2.75) is 5.03 Å². The summed E-state index contributed by atoms with van der Waals surface area (Å²) in [5.41, 5.74) is 0.364. The van der Waals surface area contributed by atoms with Crippen LogP contribution in [-0.4, -0.2) is 17.8 Å². The van der Waals surface area contributed by atoms with Gasteiger partial charge in [0.05, 0.1) is 16.2 Å². The second-order valence-electron chi connectivity index (χ2n) is 2.73.